The molecular formula is C33H33N3O7. The van der Waals surface area contributed by atoms with E-state index in [1.54, 1.807) is 30.3 Å². The highest BCUT2D eigenvalue weighted by molar-refractivity contribution is 5.84. The van der Waals surface area contributed by atoms with Gasteiger partial charge in [0.05, 0.1) is 13.5 Å². The predicted molar refractivity (Wildman–Crippen MR) is 161 cm³/mol. The number of hydrogen-bond acceptors (Lipinski definition) is 7. The number of aromatic nitrogens is 1. The van der Waals surface area contributed by atoms with Crippen LogP contribution in [0, 0.1) is 0 Å². The molecule has 0 aliphatic rings. The number of carboxylic acids is 1. The highest BCUT2D eigenvalue weighted by atomic mass is 16.5. The van der Waals surface area contributed by atoms with Crippen LogP contribution in [-0.4, -0.2) is 46.1 Å². The Balaban J connectivity index is 1.56. The fourth-order valence-corrected chi connectivity index (χ4v) is 4.54. The topological polar surface area (TPSA) is 138 Å². The molecule has 4 aromatic rings. The third-order valence-electron chi connectivity index (χ3n) is 6.74. The van der Waals surface area contributed by atoms with Crippen LogP contribution in [0.4, 0.5) is 5.69 Å². The second-order valence-electron chi connectivity index (χ2n) is 9.92. The zero-order valence-corrected chi connectivity index (χ0v) is 23.9. The van der Waals surface area contributed by atoms with Crippen molar-refractivity contribution in [1.82, 2.24) is 9.99 Å². The first kappa shape index (κ1) is 30.6. The average molecular weight is 584 g/mol. The number of pyridine rings is 1. The van der Waals surface area contributed by atoms with Crippen molar-refractivity contribution >= 4 is 23.5 Å². The number of carbonyl (C=O) groups is 3. The highest BCUT2D eigenvalue weighted by Gasteiger charge is 2.30. The lowest BCUT2D eigenvalue weighted by Gasteiger charge is -2.29. The van der Waals surface area contributed by atoms with Crippen LogP contribution >= 0.6 is 0 Å². The van der Waals surface area contributed by atoms with Gasteiger partial charge in [-0.3, -0.25) is 19.8 Å². The Bertz CT molecular complexity index is 1600. The second kappa shape index (κ2) is 14.5. The molecule has 10 heteroatoms. The Morgan fingerprint density at radius 1 is 0.907 bits per heavy atom. The molecule has 0 bridgehead atoms. The monoisotopic (exact) mass is 583 g/mol. The van der Waals surface area contributed by atoms with Crippen LogP contribution in [0.15, 0.2) is 95.8 Å². The summed E-state index contributed by atoms with van der Waals surface area (Å²) in [6, 6.07) is 26.3. The van der Waals surface area contributed by atoms with Gasteiger partial charge in [-0.2, -0.15) is 0 Å². The summed E-state index contributed by atoms with van der Waals surface area (Å²) in [6.45, 7) is 1.58. The van der Waals surface area contributed by atoms with Crippen molar-refractivity contribution in [3.8, 4) is 5.75 Å². The van der Waals surface area contributed by atoms with Crippen molar-refractivity contribution < 1.29 is 29.0 Å². The molecule has 0 fully saturated rings. The average Bonchev–Trinajstić information content (AvgIpc) is 3.00. The van der Waals surface area contributed by atoms with Crippen molar-refractivity contribution in [2.75, 3.05) is 12.5 Å². The predicted octanol–water partition coefficient (Wildman–Crippen LogP) is 4.13. The normalized spacial score (nSPS) is 11.3. The van der Waals surface area contributed by atoms with Gasteiger partial charge in [0.2, 0.25) is 5.91 Å². The van der Waals surface area contributed by atoms with Crippen molar-refractivity contribution in [2.24, 2.45) is 0 Å². The smallest absolute Gasteiger partial charge is 0.328 e. The molecule has 0 aliphatic heterocycles. The zero-order chi connectivity index (χ0) is 30.8. The summed E-state index contributed by atoms with van der Waals surface area (Å²) < 4.78 is 10.6. The van der Waals surface area contributed by atoms with E-state index in [1.807, 2.05) is 60.7 Å². The molecule has 4 rings (SSSR count). The maximum Gasteiger partial charge on any atom is 0.328 e. The van der Waals surface area contributed by atoms with Crippen LogP contribution in [0.2, 0.25) is 0 Å². The molecule has 1 heterocycles. The van der Waals surface area contributed by atoms with E-state index < -0.39 is 29.4 Å². The molecule has 0 unspecified atom stereocenters. The Hall–Kier alpha value is -5.38. The molecule has 0 saturated heterocycles. The van der Waals surface area contributed by atoms with E-state index in [1.165, 1.54) is 14.0 Å². The van der Waals surface area contributed by atoms with Gasteiger partial charge in [0.15, 0.2) is 6.04 Å². The molecule has 222 valence electrons. The molecule has 1 atom stereocenters. The number of ether oxygens (including phenoxy) is 2. The number of aliphatic carboxylic acids is 1. The van der Waals surface area contributed by atoms with Crippen LogP contribution in [0.5, 0.6) is 5.75 Å². The van der Waals surface area contributed by atoms with E-state index in [0.717, 1.165) is 16.1 Å². The lowest BCUT2D eigenvalue weighted by atomic mass is 10.0. The van der Waals surface area contributed by atoms with E-state index in [4.69, 9.17) is 9.47 Å². The van der Waals surface area contributed by atoms with Crippen molar-refractivity contribution in [3.63, 3.8) is 0 Å². The van der Waals surface area contributed by atoms with Gasteiger partial charge in [-0.1, -0.05) is 72.8 Å². The summed E-state index contributed by atoms with van der Waals surface area (Å²) in [5, 5.41) is 11.0. The molecule has 0 spiro atoms. The van der Waals surface area contributed by atoms with E-state index >= 15 is 0 Å². The highest BCUT2D eigenvalue weighted by Crippen LogP contribution is 2.20. The first-order chi connectivity index (χ1) is 20.7. The number of nitrogens with one attached hydrogen (secondary N) is 2. The van der Waals surface area contributed by atoms with Crippen LogP contribution in [0.3, 0.4) is 0 Å². The van der Waals surface area contributed by atoms with Gasteiger partial charge in [-0.25, -0.2) is 9.80 Å². The quantitative estimate of drug-likeness (QED) is 0.158. The van der Waals surface area contributed by atoms with Crippen LogP contribution < -0.4 is 15.7 Å². The van der Waals surface area contributed by atoms with Gasteiger partial charge >= 0.3 is 11.9 Å². The Labute approximate surface area is 248 Å². The third kappa shape index (κ3) is 8.56. The third-order valence-corrected chi connectivity index (χ3v) is 6.74. The maximum atomic E-state index is 13.3. The number of amides is 1. The van der Waals surface area contributed by atoms with Gasteiger partial charge < -0.3 is 19.6 Å². The summed E-state index contributed by atoms with van der Waals surface area (Å²) in [7, 11) is 1.23. The summed E-state index contributed by atoms with van der Waals surface area (Å²) in [4.78, 5) is 53.4. The summed E-state index contributed by atoms with van der Waals surface area (Å²) in [6.07, 6.45) is 0.0689. The molecule has 3 aromatic carbocycles. The maximum absolute atomic E-state index is 13.3. The number of benzene rings is 3. The first-order valence-corrected chi connectivity index (χ1v) is 13.6. The number of nitrogens with zero attached hydrogens (tertiary/aromatic N) is 1. The molecule has 0 radical (unpaired) electrons. The van der Waals surface area contributed by atoms with E-state index in [9.17, 15) is 24.3 Å². The van der Waals surface area contributed by atoms with Gasteiger partial charge in [-0.05, 0) is 40.5 Å². The first-order valence-electron chi connectivity index (χ1n) is 13.6. The summed E-state index contributed by atoms with van der Waals surface area (Å²) in [5.74, 6) is -1.90. The van der Waals surface area contributed by atoms with Crippen molar-refractivity contribution in [1.29, 1.82) is 0 Å². The second-order valence-corrected chi connectivity index (χ2v) is 9.92. The van der Waals surface area contributed by atoms with E-state index in [2.05, 4.69) is 10.4 Å². The Morgan fingerprint density at radius 3 is 2.12 bits per heavy atom. The fourth-order valence-electron chi connectivity index (χ4n) is 4.54. The number of esters is 1. The van der Waals surface area contributed by atoms with Gasteiger partial charge in [-0.15, -0.1) is 0 Å². The number of carbonyl (C=O) groups excluding carboxylic acids is 2. The largest absolute Gasteiger partial charge is 0.489 e. The number of hydrazine groups is 1. The van der Waals surface area contributed by atoms with E-state index in [0.29, 0.717) is 30.0 Å². The Morgan fingerprint density at radius 2 is 1.53 bits per heavy atom. The number of H-pyrrole nitrogens is 1. The fraction of sp³-hybridized carbons (Fsp3) is 0.212. The van der Waals surface area contributed by atoms with Crippen LogP contribution in [0.25, 0.3) is 0 Å². The number of rotatable bonds is 13. The van der Waals surface area contributed by atoms with Gasteiger partial charge in [0.1, 0.15) is 18.0 Å². The lowest BCUT2D eigenvalue weighted by Crippen LogP contribution is -2.49. The van der Waals surface area contributed by atoms with Crippen LogP contribution in [0.1, 0.15) is 34.9 Å². The number of anilines is 1. The molecule has 0 saturated carbocycles. The standard InChI is InChI=1S/C33H33N3O7/c1-22(37)36(29(33(40)41)18-24-13-15-28(16-14-24)43-21-25-11-7-4-8-12-25)35-31-26(20-30(38)42-2)19-27(34-32(31)39)17-23-9-5-3-6-10-23/h3-16,19,29,35H,17-18,20-21H2,1-2H3,(H,34,39)(H,40,41)/t29-/m0/s1. The lowest BCUT2D eigenvalue weighted by molar-refractivity contribution is -0.148. The molecular weight excluding hydrogens is 550 g/mol. The summed E-state index contributed by atoms with van der Waals surface area (Å²) >= 11 is 0. The molecule has 43 heavy (non-hydrogen) atoms. The van der Waals surface area contributed by atoms with Gasteiger partial charge in [0, 0.05) is 25.5 Å². The van der Waals surface area contributed by atoms with Crippen molar-refractivity contribution in [3.05, 3.63) is 129 Å². The number of carboxylic acid groups (broad SMARTS) is 1. The van der Waals surface area contributed by atoms with Gasteiger partial charge in [0.25, 0.3) is 5.56 Å². The van der Waals surface area contributed by atoms with E-state index in [-0.39, 0.29) is 24.1 Å². The molecule has 1 amide bonds. The minimum Gasteiger partial charge on any atom is -0.489 e. The SMILES string of the molecule is COC(=O)Cc1cc(Cc2ccccc2)[nH]c(=O)c1NN(C(C)=O)[C@@H](Cc1ccc(OCc2ccccc2)cc1)C(=O)O. The van der Waals surface area contributed by atoms with Crippen LogP contribution in [-0.2, 0) is 45.0 Å². The molecule has 1 aromatic heterocycles. The molecule has 3 N–H and O–H groups in total. The minimum atomic E-state index is -1.37. The van der Waals surface area contributed by atoms with Crippen molar-refractivity contribution in [2.45, 2.75) is 38.8 Å². The zero-order valence-electron chi connectivity index (χ0n) is 23.9. The molecule has 10 nitrogen and oxygen atoms in total. The molecule has 0 aliphatic carbocycles. The number of hydrogen-bond donors (Lipinski definition) is 3. The minimum absolute atomic E-state index is 0.0583. The number of methoxy groups -OCH3 is 1. The summed E-state index contributed by atoms with van der Waals surface area (Å²) in [5.41, 5.74) is 5.37. The number of aromatic amines is 1. The Kier molecular flexibility index (Phi) is 10.3.